The van der Waals surface area contributed by atoms with Crippen molar-refractivity contribution < 1.29 is 23.8 Å². The van der Waals surface area contributed by atoms with Crippen LogP contribution in [0.5, 0.6) is 11.5 Å². The average Bonchev–Trinajstić information content (AvgIpc) is 3.48. The lowest BCUT2D eigenvalue weighted by Crippen LogP contribution is -2.38. The van der Waals surface area contributed by atoms with Crippen molar-refractivity contribution in [1.29, 1.82) is 0 Å². The molecule has 0 radical (unpaired) electrons. The summed E-state index contributed by atoms with van der Waals surface area (Å²) in [6.07, 6.45) is 2.31. The first kappa shape index (κ1) is 23.2. The van der Waals surface area contributed by atoms with Gasteiger partial charge in [-0.1, -0.05) is 11.8 Å². The number of esters is 1. The molecule has 9 heteroatoms. The minimum Gasteiger partial charge on any atom is -0.497 e. The van der Waals surface area contributed by atoms with E-state index in [1.54, 1.807) is 21.1 Å². The second kappa shape index (κ2) is 9.91. The normalized spacial score (nSPS) is 19.8. The van der Waals surface area contributed by atoms with Gasteiger partial charge >= 0.3 is 5.97 Å². The zero-order valence-electron chi connectivity index (χ0n) is 19.4. The summed E-state index contributed by atoms with van der Waals surface area (Å²) in [6.45, 7) is 5.42. The lowest BCUT2D eigenvalue weighted by Gasteiger charge is -2.37. The first-order valence-electron chi connectivity index (χ1n) is 11.1. The van der Waals surface area contributed by atoms with Crippen LogP contribution in [0.25, 0.3) is 0 Å². The predicted molar refractivity (Wildman–Crippen MR) is 127 cm³/mol. The molecular weight excluding hydrogens is 442 g/mol. The van der Waals surface area contributed by atoms with Crippen LogP contribution in [0.1, 0.15) is 44.7 Å². The Labute approximate surface area is 198 Å². The second-order valence-corrected chi connectivity index (χ2v) is 8.82. The number of amides is 1. The molecule has 0 spiro atoms. The maximum absolute atomic E-state index is 13.1. The Morgan fingerprint density at radius 1 is 1.18 bits per heavy atom. The molecule has 3 heterocycles. The van der Waals surface area contributed by atoms with E-state index in [-0.39, 0.29) is 18.9 Å². The van der Waals surface area contributed by atoms with E-state index in [0.29, 0.717) is 22.8 Å². The maximum Gasteiger partial charge on any atom is 0.338 e. The monoisotopic (exact) mass is 471 g/mol. The highest BCUT2D eigenvalue weighted by molar-refractivity contribution is 8.16. The molecule has 1 fully saturated rings. The summed E-state index contributed by atoms with van der Waals surface area (Å²) >= 11 is 1.46. The quantitative estimate of drug-likeness (QED) is 0.559. The van der Waals surface area contributed by atoms with E-state index in [1.165, 1.54) is 11.8 Å². The molecule has 33 heavy (non-hydrogen) atoms. The number of carbonyl (C=O) groups is 2. The Hall–Kier alpha value is -2.94. The number of carbonyl (C=O) groups excluding carboxylic acids is 2. The highest BCUT2D eigenvalue weighted by Gasteiger charge is 2.42. The van der Waals surface area contributed by atoms with Crippen molar-refractivity contribution in [3.8, 4) is 11.5 Å². The molecule has 1 aromatic carbocycles. The molecule has 1 aromatic rings. The number of allylic oxidation sites excluding steroid dienone is 1. The first-order chi connectivity index (χ1) is 16.0. The maximum atomic E-state index is 13.1. The fourth-order valence-corrected chi connectivity index (χ4v) is 5.38. The molecule has 4 rings (SSSR count). The molecule has 1 saturated heterocycles. The van der Waals surface area contributed by atoms with Crippen LogP contribution < -0.4 is 9.47 Å². The molecule has 0 aromatic heterocycles. The number of nitrogens with zero attached hydrogens (tertiary/aromatic N) is 3. The summed E-state index contributed by atoms with van der Waals surface area (Å²) in [5.41, 5.74) is 2.56. The average molecular weight is 472 g/mol. The Morgan fingerprint density at radius 2 is 1.94 bits per heavy atom. The number of aliphatic imine (C=N–C) groups is 1. The van der Waals surface area contributed by atoms with E-state index in [9.17, 15) is 9.59 Å². The van der Waals surface area contributed by atoms with Gasteiger partial charge in [0.05, 0.1) is 44.6 Å². The number of rotatable bonds is 7. The SMILES string of the molecule is CCOC(=O)C1=C(C)N=C2SC=C(CC(=O)N3CCCC3)N2[C@@H]1c1cc(OC)ccc1OC. The third-order valence-corrected chi connectivity index (χ3v) is 6.91. The van der Waals surface area contributed by atoms with E-state index in [1.807, 2.05) is 40.3 Å². The van der Waals surface area contributed by atoms with Crippen molar-refractivity contribution >= 4 is 28.8 Å². The lowest BCUT2D eigenvalue weighted by atomic mass is 9.92. The number of hydrogen-bond donors (Lipinski definition) is 0. The number of thioether (sulfide) groups is 1. The van der Waals surface area contributed by atoms with Gasteiger partial charge in [-0.3, -0.25) is 4.79 Å². The van der Waals surface area contributed by atoms with Crippen molar-refractivity contribution in [3.63, 3.8) is 0 Å². The molecule has 8 nitrogen and oxygen atoms in total. The van der Waals surface area contributed by atoms with Crippen LogP contribution in [0.15, 0.2) is 45.6 Å². The zero-order valence-corrected chi connectivity index (χ0v) is 20.2. The highest BCUT2D eigenvalue weighted by atomic mass is 32.2. The van der Waals surface area contributed by atoms with Crippen LogP contribution in [0.4, 0.5) is 0 Å². The van der Waals surface area contributed by atoms with Crippen molar-refractivity contribution in [1.82, 2.24) is 9.80 Å². The van der Waals surface area contributed by atoms with Gasteiger partial charge in [-0.15, -0.1) is 0 Å². The molecule has 1 amide bonds. The van der Waals surface area contributed by atoms with Gasteiger partial charge in [-0.25, -0.2) is 9.79 Å². The first-order valence-corrected chi connectivity index (χ1v) is 12.0. The van der Waals surface area contributed by atoms with Crippen LogP contribution in [0.3, 0.4) is 0 Å². The Balaban J connectivity index is 1.79. The molecule has 0 bridgehead atoms. The van der Waals surface area contributed by atoms with Crippen molar-refractivity contribution in [2.75, 3.05) is 33.9 Å². The highest BCUT2D eigenvalue weighted by Crippen LogP contribution is 2.47. The van der Waals surface area contributed by atoms with Gasteiger partial charge in [-0.2, -0.15) is 0 Å². The van der Waals surface area contributed by atoms with Gasteiger partial charge < -0.3 is 24.0 Å². The summed E-state index contributed by atoms with van der Waals surface area (Å²) in [5.74, 6) is 0.899. The van der Waals surface area contributed by atoms with Crippen LogP contribution in [-0.4, -0.2) is 60.8 Å². The standard InChI is InChI=1S/C24H29N3O5S/c1-5-32-23(29)21-15(2)25-24-27(16(14-33-24)12-20(28)26-10-6-7-11-26)22(21)18-13-17(30-3)8-9-19(18)31-4/h8-9,13-14,22H,5-7,10-12H2,1-4H3/t22-/m1/s1. The number of benzene rings is 1. The number of fused-ring (bicyclic) bond motifs is 1. The molecule has 1 atom stereocenters. The molecule has 0 saturated carbocycles. The number of amidine groups is 1. The smallest absolute Gasteiger partial charge is 0.338 e. The van der Waals surface area contributed by atoms with E-state index in [4.69, 9.17) is 19.2 Å². The number of methoxy groups -OCH3 is 2. The largest absolute Gasteiger partial charge is 0.497 e. The molecular formula is C24H29N3O5S. The third kappa shape index (κ3) is 4.46. The second-order valence-electron chi connectivity index (χ2n) is 7.99. The van der Waals surface area contributed by atoms with E-state index in [0.717, 1.165) is 42.4 Å². The van der Waals surface area contributed by atoms with Crippen LogP contribution >= 0.6 is 11.8 Å². The topological polar surface area (TPSA) is 80.7 Å². The van der Waals surface area contributed by atoms with Gasteiger partial charge in [0, 0.05) is 24.4 Å². The summed E-state index contributed by atoms with van der Waals surface area (Å²) in [5, 5.41) is 2.67. The Bertz CT molecular complexity index is 1040. The van der Waals surface area contributed by atoms with Gasteiger partial charge in [0.2, 0.25) is 5.91 Å². The van der Waals surface area contributed by atoms with Gasteiger partial charge in [0.1, 0.15) is 11.5 Å². The third-order valence-electron chi connectivity index (χ3n) is 6.02. The van der Waals surface area contributed by atoms with Gasteiger partial charge in [0.15, 0.2) is 5.17 Å². The fraction of sp³-hybridized carbons (Fsp3) is 0.458. The predicted octanol–water partition coefficient (Wildman–Crippen LogP) is 3.85. The minimum atomic E-state index is -0.561. The summed E-state index contributed by atoms with van der Waals surface area (Å²) in [7, 11) is 3.19. The van der Waals surface area contributed by atoms with Crippen LogP contribution in [0, 0.1) is 0 Å². The van der Waals surface area contributed by atoms with Crippen molar-refractivity contribution in [3.05, 3.63) is 46.1 Å². The molecule has 0 N–H and O–H groups in total. The lowest BCUT2D eigenvalue weighted by molar-refractivity contribution is -0.139. The molecule has 0 aliphatic carbocycles. The van der Waals surface area contributed by atoms with Crippen molar-refractivity contribution in [2.24, 2.45) is 4.99 Å². The van der Waals surface area contributed by atoms with Crippen LogP contribution in [-0.2, 0) is 14.3 Å². The van der Waals surface area contributed by atoms with Crippen LogP contribution in [0.2, 0.25) is 0 Å². The molecule has 3 aliphatic rings. The van der Waals surface area contributed by atoms with E-state index in [2.05, 4.69) is 0 Å². The molecule has 0 unspecified atom stereocenters. The minimum absolute atomic E-state index is 0.0842. The molecule has 176 valence electrons. The van der Waals surface area contributed by atoms with Crippen molar-refractivity contribution in [2.45, 2.75) is 39.2 Å². The Morgan fingerprint density at radius 3 is 2.61 bits per heavy atom. The number of hydrogen-bond acceptors (Lipinski definition) is 8. The number of likely N-dealkylation sites (tertiary alicyclic amines) is 1. The van der Waals surface area contributed by atoms with Gasteiger partial charge in [0.25, 0.3) is 0 Å². The fourth-order valence-electron chi connectivity index (χ4n) is 4.42. The zero-order chi connectivity index (χ0) is 23.5. The number of ether oxygens (including phenoxy) is 3. The van der Waals surface area contributed by atoms with E-state index < -0.39 is 12.0 Å². The summed E-state index contributed by atoms with van der Waals surface area (Å²) < 4.78 is 16.6. The van der Waals surface area contributed by atoms with Gasteiger partial charge in [-0.05, 0) is 50.3 Å². The molecule has 3 aliphatic heterocycles. The van der Waals surface area contributed by atoms with E-state index >= 15 is 0 Å². The summed E-state index contributed by atoms with van der Waals surface area (Å²) in [4.78, 5) is 34.7. The summed E-state index contributed by atoms with van der Waals surface area (Å²) in [6, 6.07) is 4.93. The Kier molecular flexibility index (Phi) is 6.97.